The standard InChI is InChI=1S/C24H21NO6S/c26-21(23(32(29,30)31)19-9-5-2-6-10-19)15-18-11-13-20(14-12-18)25-24(28)22(27)16-17-7-3-1-4-8-17/h1-14,23H,15-16H2,(H,25,28)(H,29,30,31). The van der Waals surface area contributed by atoms with Gasteiger partial charge < -0.3 is 5.32 Å². The Bertz CT molecular complexity index is 1210. The first kappa shape index (κ1) is 23.1. The van der Waals surface area contributed by atoms with Gasteiger partial charge >= 0.3 is 0 Å². The number of anilines is 1. The van der Waals surface area contributed by atoms with Gasteiger partial charge in [-0.15, -0.1) is 0 Å². The van der Waals surface area contributed by atoms with Crippen molar-refractivity contribution in [2.75, 3.05) is 5.32 Å². The SMILES string of the molecule is O=C(Cc1ccccc1)C(=O)Nc1ccc(CC(=O)C(c2ccccc2)S(=O)(=O)O)cc1. The van der Waals surface area contributed by atoms with E-state index >= 15 is 0 Å². The molecule has 1 amide bonds. The van der Waals surface area contributed by atoms with Gasteiger partial charge in [0.2, 0.25) is 5.78 Å². The average molecular weight is 452 g/mol. The highest BCUT2D eigenvalue weighted by molar-refractivity contribution is 7.86. The fourth-order valence-electron chi connectivity index (χ4n) is 3.21. The second kappa shape index (κ2) is 10.1. The third kappa shape index (κ3) is 6.19. The maximum atomic E-state index is 12.6. The van der Waals surface area contributed by atoms with Crippen LogP contribution in [0.1, 0.15) is 21.9 Å². The zero-order valence-electron chi connectivity index (χ0n) is 17.0. The fourth-order valence-corrected chi connectivity index (χ4v) is 4.13. The van der Waals surface area contributed by atoms with E-state index in [0.29, 0.717) is 11.3 Å². The average Bonchev–Trinajstić information content (AvgIpc) is 2.75. The molecule has 0 aliphatic carbocycles. The number of carbonyl (C=O) groups is 3. The number of carbonyl (C=O) groups excluding carboxylic acids is 3. The van der Waals surface area contributed by atoms with Crippen molar-refractivity contribution in [1.29, 1.82) is 0 Å². The molecule has 0 aliphatic heterocycles. The van der Waals surface area contributed by atoms with Gasteiger partial charge in [0.15, 0.2) is 11.0 Å². The van der Waals surface area contributed by atoms with Crippen molar-refractivity contribution in [3.8, 4) is 0 Å². The summed E-state index contributed by atoms with van der Waals surface area (Å²) < 4.78 is 33.1. The summed E-state index contributed by atoms with van der Waals surface area (Å²) in [6, 6.07) is 22.8. The Morgan fingerprint density at radius 2 is 1.28 bits per heavy atom. The number of benzene rings is 3. The molecule has 0 fully saturated rings. The van der Waals surface area contributed by atoms with Crippen LogP contribution in [-0.2, 0) is 37.3 Å². The Hall–Kier alpha value is -3.62. The molecule has 0 saturated carbocycles. The van der Waals surface area contributed by atoms with Crippen LogP contribution in [0, 0.1) is 0 Å². The molecule has 1 atom stereocenters. The normalized spacial score (nSPS) is 12.0. The van der Waals surface area contributed by atoms with Crippen molar-refractivity contribution < 1.29 is 27.4 Å². The summed E-state index contributed by atoms with van der Waals surface area (Å²) >= 11 is 0. The van der Waals surface area contributed by atoms with E-state index in [1.54, 1.807) is 54.6 Å². The number of nitrogens with one attached hydrogen (secondary N) is 1. The van der Waals surface area contributed by atoms with E-state index in [1.165, 1.54) is 24.3 Å². The lowest BCUT2D eigenvalue weighted by molar-refractivity contribution is -0.134. The highest BCUT2D eigenvalue weighted by Gasteiger charge is 2.32. The van der Waals surface area contributed by atoms with Gasteiger partial charge in [-0.3, -0.25) is 18.9 Å². The van der Waals surface area contributed by atoms with Gasteiger partial charge in [0.1, 0.15) is 0 Å². The molecule has 0 saturated heterocycles. The van der Waals surface area contributed by atoms with Crippen LogP contribution in [0.3, 0.4) is 0 Å². The van der Waals surface area contributed by atoms with Crippen LogP contribution in [0.5, 0.6) is 0 Å². The molecule has 2 N–H and O–H groups in total. The largest absolute Gasteiger partial charge is 0.319 e. The van der Waals surface area contributed by atoms with Crippen LogP contribution in [0.4, 0.5) is 5.69 Å². The van der Waals surface area contributed by atoms with Gasteiger partial charge in [-0.25, -0.2) is 0 Å². The zero-order chi connectivity index (χ0) is 23.1. The molecule has 1 unspecified atom stereocenters. The summed E-state index contributed by atoms with van der Waals surface area (Å²) in [5.74, 6) is -2.03. The molecule has 0 bridgehead atoms. The van der Waals surface area contributed by atoms with Crippen LogP contribution >= 0.6 is 0 Å². The second-order valence-electron chi connectivity index (χ2n) is 7.19. The molecule has 164 valence electrons. The molecule has 7 nitrogen and oxygen atoms in total. The summed E-state index contributed by atoms with van der Waals surface area (Å²) in [6.07, 6.45) is -0.254. The minimum atomic E-state index is -4.64. The number of ketones is 2. The minimum Gasteiger partial charge on any atom is -0.319 e. The van der Waals surface area contributed by atoms with E-state index in [1.807, 2.05) is 6.07 Å². The molecule has 0 radical (unpaired) electrons. The van der Waals surface area contributed by atoms with Crippen LogP contribution in [0.25, 0.3) is 0 Å². The smallest absolute Gasteiger partial charge is 0.292 e. The Labute approximate surface area is 185 Å². The Balaban J connectivity index is 1.64. The third-order valence-electron chi connectivity index (χ3n) is 4.74. The Morgan fingerprint density at radius 1 is 0.750 bits per heavy atom. The van der Waals surface area contributed by atoms with Crippen molar-refractivity contribution in [1.82, 2.24) is 0 Å². The summed E-state index contributed by atoms with van der Waals surface area (Å²) in [4.78, 5) is 36.9. The monoisotopic (exact) mass is 451 g/mol. The van der Waals surface area contributed by atoms with Gasteiger partial charge in [0, 0.05) is 18.5 Å². The van der Waals surface area contributed by atoms with E-state index in [0.717, 1.165) is 5.56 Å². The lowest BCUT2D eigenvalue weighted by atomic mass is 10.0. The summed E-state index contributed by atoms with van der Waals surface area (Å²) in [5, 5.41) is 0.824. The third-order valence-corrected chi connectivity index (χ3v) is 5.87. The summed E-state index contributed by atoms with van der Waals surface area (Å²) in [6.45, 7) is 0. The quantitative estimate of drug-likeness (QED) is 0.381. The molecule has 0 aromatic heterocycles. The molecule has 0 heterocycles. The van der Waals surface area contributed by atoms with Crippen molar-refractivity contribution in [3.05, 3.63) is 102 Å². The van der Waals surface area contributed by atoms with Gasteiger partial charge in [-0.1, -0.05) is 72.8 Å². The molecule has 3 aromatic carbocycles. The van der Waals surface area contributed by atoms with Crippen molar-refractivity contribution in [2.24, 2.45) is 0 Å². The van der Waals surface area contributed by atoms with Crippen molar-refractivity contribution >= 4 is 33.3 Å². The predicted octanol–water partition coefficient (Wildman–Crippen LogP) is 3.18. The van der Waals surface area contributed by atoms with Gasteiger partial charge in [0.25, 0.3) is 16.0 Å². The number of hydrogen-bond acceptors (Lipinski definition) is 5. The van der Waals surface area contributed by atoms with Crippen LogP contribution in [0.15, 0.2) is 84.9 Å². The summed E-state index contributed by atoms with van der Waals surface area (Å²) in [5.41, 5.74) is 1.77. The van der Waals surface area contributed by atoms with E-state index in [4.69, 9.17) is 0 Å². The van der Waals surface area contributed by atoms with Crippen LogP contribution < -0.4 is 5.32 Å². The molecule has 32 heavy (non-hydrogen) atoms. The molecule has 3 rings (SSSR count). The molecule has 8 heteroatoms. The number of hydrogen-bond donors (Lipinski definition) is 2. The second-order valence-corrected chi connectivity index (χ2v) is 8.69. The maximum absolute atomic E-state index is 12.6. The summed E-state index contributed by atoms with van der Waals surface area (Å²) in [7, 11) is -4.64. The molecular weight excluding hydrogens is 430 g/mol. The lowest BCUT2D eigenvalue weighted by Gasteiger charge is -2.13. The van der Waals surface area contributed by atoms with E-state index < -0.39 is 32.8 Å². The lowest BCUT2D eigenvalue weighted by Crippen LogP contribution is -2.24. The highest BCUT2D eigenvalue weighted by atomic mass is 32.2. The van der Waals surface area contributed by atoms with Crippen molar-refractivity contribution in [3.63, 3.8) is 0 Å². The molecule has 0 aliphatic rings. The fraction of sp³-hybridized carbons (Fsp3) is 0.125. The first-order chi connectivity index (χ1) is 15.2. The van der Waals surface area contributed by atoms with Gasteiger partial charge in [-0.05, 0) is 28.8 Å². The first-order valence-corrected chi connectivity index (χ1v) is 11.3. The molecular formula is C24H21NO6S. The van der Waals surface area contributed by atoms with Crippen molar-refractivity contribution in [2.45, 2.75) is 18.1 Å². The number of amides is 1. The van der Waals surface area contributed by atoms with E-state index in [-0.39, 0.29) is 18.4 Å². The Kier molecular flexibility index (Phi) is 7.29. The number of Topliss-reactive ketones (excluding diaryl/α,β-unsaturated/α-hetero) is 2. The van der Waals surface area contributed by atoms with E-state index in [2.05, 4.69) is 5.32 Å². The highest BCUT2D eigenvalue weighted by Crippen LogP contribution is 2.24. The van der Waals surface area contributed by atoms with Crippen LogP contribution in [-0.4, -0.2) is 30.4 Å². The minimum absolute atomic E-state index is 0.0181. The van der Waals surface area contributed by atoms with Crippen LogP contribution in [0.2, 0.25) is 0 Å². The predicted molar refractivity (Wildman–Crippen MR) is 120 cm³/mol. The maximum Gasteiger partial charge on any atom is 0.292 e. The topological polar surface area (TPSA) is 118 Å². The Morgan fingerprint density at radius 3 is 1.84 bits per heavy atom. The molecule has 3 aromatic rings. The first-order valence-electron chi connectivity index (χ1n) is 9.75. The van der Waals surface area contributed by atoms with Gasteiger partial charge in [0.05, 0.1) is 0 Å². The van der Waals surface area contributed by atoms with E-state index in [9.17, 15) is 27.4 Å². The number of rotatable bonds is 9. The van der Waals surface area contributed by atoms with Gasteiger partial charge in [-0.2, -0.15) is 8.42 Å². The molecule has 0 spiro atoms. The zero-order valence-corrected chi connectivity index (χ0v) is 17.8.